The van der Waals surface area contributed by atoms with Crippen LogP contribution >= 0.6 is 0 Å². The van der Waals surface area contributed by atoms with Crippen molar-refractivity contribution in [2.75, 3.05) is 0 Å². The third kappa shape index (κ3) is 5.04. The first-order valence-corrected chi connectivity index (χ1v) is 6.31. The number of allylic oxidation sites excluding steroid dienone is 2. The van der Waals surface area contributed by atoms with Crippen LogP contribution in [0, 0.1) is 5.92 Å². The molecule has 1 unspecified atom stereocenters. The van der Waals surface area contributed by atoms with Gasteiger partial charge in [0.1, 0.15) is 0 Å². The minimum Gasteiger partial charge on any atom is -0.291 e. The average molecular weight is 244 g/mol. The number of carbonyl (C=O) groups is 1. The van der Waals surface area contributed by atoms with Crippen LogP contribution in [0.5, 0.6) is 0 Å². The number of Topliss-reactive ketones (excluding diaryl/α,β-unsaturated/α-hetero) is 1. The van der Waals surface area contributed by atoms with Gasteiger partial charge in [0.25, 0.3) is 0 Å². The second-order valence-corrected chi connectivity index (χ2v) is 4.25. The SMILES string of the molecule is C=CCCCC(C=C)CCC(=O)c1ncccn1. The highest BCUT2D eigenvalue weighted by atomic mass is 16.1. The summed E-state index contributed by atoms with van der Waals surface area (Å²) in [6, 6.07) is 1.71. The van der Waals surface area contributed by atoms with Crippen LogP contribution in [0.1, 0.15) is 42.7 Å². The zero-order valence-corrected chi connectivity index (χ0v) is 10.7. The minimum absolute atomic E-state index is 0.00571. The van der Waals surface area contributed by atoms with Crippen LogP contribution < -0.4 is 0 Å². The molecule has 0 aromatic carbocycles. The molecule has 1 atom stereocenters. The van der Waals surface area contributed by atoms with Crippen molar-refractivity contribution in [2.45, 2.75) is 32.1 Å². The van der Waals surface area contributed by atoms with Gasteiger partial charge in [-0.15, -0.1) is 13.2 Å². The van der Waals surface area contributed by atoms with E-state index in [1.165, 1.54) is 0 Å². The van der Waals surface area contributed by atoms with Gasteiger partial charge in [-0.25, -0.2) is 9.97 Å². The lowest BCUT2D eigenvalue weighted by molar-refractivity contribution is 0.0965. The van der Waals surface area contributed by atoms with Crippen molar-refractivity contribution in [3.05, 3.63) is 49.6 Å². The molecule has 0 bridgehead atoms. The van der Waals surface area contributed by atoms with Crippen LogP contribution in [0.2, 0.25) is 0 Å². The number of hydrogen-bond donors (Lipinski definition) is 0. The molecule has 1 rings (SSSR count). The number of hydrogen-bond acceptors (Lipinski definition) is 3. The van der Waals surface area contributed by atoms with Gasteiger partial charge in [-0.1, -0.05) is 12.2 Å². The number of carbonyl (C=O) groups excluding carboxylic acids is 1. The molecule has 1 heterocycles. The Morgan fingerprint density at radius 3 is 2.61 bits per heavy atom. The van der Waals surface area contributed by atoms with E-state index in [2.05, 4.69) is 23.1 Å². The number of nitrogens with zero attached hydrogens (tertiary/aromatic N) is 2. The van der Waals surface area contributed by atoms with E-state index < -0.39 is 0 Å². The molecule has 0 aliphatic rings. The van der Waals surface area contributed by atoms with Crippen LogP contribution in [-0.4, -0.2) is 15.8 Å². The van der Waals surface area contributed by atoms with Crippen LogP contribution in [-0.2, 0) is 0 Å². The molecule has 3 nitrogen and oxygen atoms in total. The summed E-state index contributed by atoms with van der Waals surface area (Å²) < 4.78 is 0. The van der Waals surface area contributed by atoms with Crippen molar-refractivity contribution in [1.29, 1.82) is 0 Å². The molecule has 3 heteroatoms. The van der Waals surface area contributed by atoms with E-state index in [1.54, 1.807) is 18.5 Å². The summed E-state index contributed by atoms with van der Waals surface area (Å²) in [5.74, 6) is 0.704. The summed E-state index contributed by atoms with van der Waals surface area (Å²) in [4.78, 5) is 19.7. The summed E-state index contributed by atoms with van der Waals surface area (Å²) >= 11 is 0. The Morgan fingerprint density at radius 1 is 1.28 bits per heavy atom. The lowest BCUT2D eigenvalue weighted by Crippen LogP contribution is -2.07. The Bertz CT molecular complexity index is 387. The Morgan fingerprint density at radius 2 is 2.00 bits per heavy atom. The highest BCUT2D eigenvalue weighted by Gasteiger charge is 2.11. The zero-order valence-electron chi connectivity index (χ0n) is 10.7. The predicted molar refractivity (Wildman–Crippen MR) is 73.3 cm³/mol. The third-order valence-electron chi connectivity index (χ3n) is 2.87. The maximum absolute atomic E-state index is 11.8. The lowest BCUT2D eigenvalue weighted by atomic mass is 9.95. The van der Waals surface area contributed by atoms with Crippen LogP contribution in [0.25, 0.3) is 0 Å². The molecular weight excluding hydrogens is 224 g/mol. The molecule has 0 saturated heterocycles. The zero-order chi connectivity index (χ0) is 13.2. The van der Waals surface area contributed by atoms with E-state index in [-0.39, 0.29) is 5.78 Å². The Hall–Kier alpha value is -1.77. The van der Waals surface area contributed by atoms with E-state index in [4.69, 9.17) is 0 Å². The highest BCUT2D eigenvalue weighted by Crippen LogP contribution is 2.17. The fourth-order valence-corrected chi connectivity index (χ4v) is 1.78. The number of aromatic nitrogens is 2. The Kier molecular flexibility index (Phi) is 6.62. The molecule has 1 aromatic rings. The van der Waals surface area contributed by atoms with Gasteiger partial charge >= 0.3 is 0 Å². The summed E-state index contributed by atoms with van der Waals surface area (Å²) in [7, 11) is 0. The molecular formula is C15H20N2O. The first-order chi connectivity index (χ1) is 8.77. The maximum Gasteiger partial charge on any atom is 0.200 e. The first kappa shape index (κ1) is 14.3. The summed E-state index contributed by atoms with van der Waals surface area (Å²) in [5.41, 5.74) is 0. The molecule has 0 aliphatic carbocycles. The molecule has 0 aliphatic heterocycles. The molecule has 0 amide bonds. The molecule has 18 heavy (non-hydrogen) atoms. The largest absolute Gasteiger partial charge is 0.291 e. The summed E-state index contributed by atoms with van der Waals surface area (Å²) in [5, 5.41) is 0. The van der Waals surface area contributed by atoms with E-state index in [0.29, 0.717) is 18.2 Å². The second kappa shape index (κ2) is 8.34. The smallest absolute Gasteiger partial charge is 0.200 e. The maximum atomic E-state index is 11.8. The topological polar surface area (TPSA) is 42.9 Å². The van der Waals surface area contributed by atoms with Gasteiger partial charge in [-0.05, 0) is 37.7 Å². The number of ketones is 1. The van der Waals surface area contributed by atoms with Crippen molar-refractivity contribution in [2.24, 2.45) is 5.92 Å². The molecule has 1 aromatic heterocycles. The van der Waals surface area contributed by atoms with Gasteiger partial charge in [-0.3, -0.25) is 4.79 Å². The van der Waals surface area contributed by atoms with Crippen LogP contribution in [0.4, 0.5) is 0 Å². The van der Waals surface area contributed by atoms with Gasteiger partial charge < -0.3 is 0 Å². The Labute approximate surface area is 109 Å². The van der Waals surface area contributed by atoms with Crippen molar-refractivity contribution in [1.82, 2.24) is 9.97 Å². The monoisotopic (exact) mass is 244 g/mol. The number of rotatable bonds is 9. The molecule has 0 radical (unpaired) electrons. The third-order valence-corrected chi connectivity index (χ3v) is 2.87. The van der Waals surface area contributed by atoms with Gasteiger partial charge in [0, 0.05) is 18.8 Å². The summed E-state index contributed by atoms with van der Waals surface area (Å²) in [6.45, 7) is 7.52. The average Bonchev–Trinajstić information content (AvgIpc) is 2.43. The molecule has 96 valence electrons. The second-order valence-electron chi connectivity index (χ2n) is 4.25. The van der Waals surface area contributed by atoms with Gasteiger partial charge in [0.2, 0.25) is 0 Å². The van der Waals surface area contributed by atoms with E-state index >= 15 is 0 Å². The van der Waals surface area contributed by atoms with E-state index in [0.717, 1.165) is 25.7 Å². The van der Waals surface area contributed by atoms with Crippen LogP contribution in [0.15, 0.2) is 43.8 Å². The van der Waals surface area contributed by atoms with Gasteiger partial charge in [0.15, 0.2) is 11.6 Å². The quantitative estimate of drug-likeness (QED) is 0.378. The standard InChI is InChI=1S/C15H20N2O/c1-3-5-6-8-13(4-2)9-10-14(18)15-16-11-7-12-17-15/h3-4,7,11-13H,1-2,5-6,8-10H2. The fourth-order valence-electron chi connectivity index (χ4n) is 1.78. The van der Waals surface area contributed by atoms with Crippen molar-refractivity contribution in [3.63, 3.8) is 0 Å². The van der Waals surface area contributed by atoms with Gasteiger partial charge in [0.05, 0.1) is 0 Å². The van der Waals surface area contributed by atoms with Crippen molar-refractivity contribution < 1.29 is 4.79 Å². The molecule has 0 saturated carbocycles. The van der Waals surface area contributed by atoms with Crippen molar-refractivity contribution >= 4 is 5.78 Å². The normalized spacial score (nSPS) is 11.8. The Balaban J connectivity index is 2.36. The fraction of sp³-hybridized carbons (Fsp3) is 0.400. The van der Waals surface area contributed by atoms with Gasteiger partial charge in [-0.2, -0.15) is 0 Å². The lowest BCUT2D eigenvalue weighted by Gasteiger charge is -2.10. The molecule has 0 N–H and O–H groups in total. The minimum atomic E-state index is 0.00571. The number of unbranched alkanes of at least 4 members (excludes halogenated alkanes) is 1. The summed E-state index contributed by atoms with van der Waals surface area (Å²) in [6.07, 6.45) is 11.5. The highest BCUT2D eigenvalue weighted by molar-refractivity contribution is 5.92. The first-order valence-electron chi connectivity index (χ1n) is 6.31. The predicted octanol–water partition coefficient (Wildman–Crippen LogP) is 3.60. The van der Waals surface area contributed by atoms with Crippen molar-refractivity contribution in [3.8, 4) is 0 Å². The van der Waals surface area contributed by atoms with E-state index in [1.807, 2.05) is 12.2 Å². The molecule has 0 spiro atoms. The van der Waals surface area contributed by atoms with Crippen LogP contribution in [0.3, 0.4) is 0 Å². The molecule has 0 fully saturated rings. The van der Waals surface area contributed by atoms with E-state index in [9.17, 15) is 4.79 Å².